The Morgan fingerprint density at radius 3 is 2.32 bits per heavy atom. The quantitative estimate of drug-likeness (QED) is 0.515. The molecule has 8 heteroatoms. The van der Waals surface area contributed by atoms with Gasteiger partial charge in [0, 0.05) is 31.5 Å². The van der Waals surface area contributed by atoms with Gasteiger partial charge in [-0.25, -0.2) is 0 Å². The molecule has 0 spiro atoms. The fourth-order valence-corrected chi connectivity index (χ4v) is 3.50. The number of amides is 2. The van der Waals surface area contributed by atoms with Crippen LogP contribution in [0.3, 0.4) is 0 Å². The number of nitro benzene ring substituents is 1. The average molecular weight is 401 g/mol. The summed E-state index contributed by atoms with van der Waals surface area (Å²) in [6.07, 6.45) is 0. The average Bonchev–Trinajstić information content (AvgIpc) is 2.72. The van der Waals surface area contributed by atoms with Gasteiger partial charge in [-0.15, -0.1) is 11.8 Å². The van der Waals surface area contributed by atoms with Crippen molar-refractivity contribution in [2.24, 2.45) is 0 Å². The summed E-state index contributed by atoms with van der Waals surface area (Å²) >= 11 is 1.41. The summed E-state index contributed by atoms with van der Waals surface area (Å²) in [6.45, 7) is 2.06. The monoisotopic (exact) mass is 401 g/mol. The molecule has 2 amide bonds. The van der Waals surface area contributed by atoms with Crippen molar-refractivity contribution in [2.75, 3.05) is 12.8 Å². The summed E-state index contributed by atoms with van der Waals surface area (Å²) < 4.78 is 0. The molecule has 148 valence electrons. The summed E-state index contributed by atoms with van der Waals surface area (Å²) in [4.78, 5) is 36.7. The Morgan fingerprint density at radius 2 is 1.75 bits per heavy atom. The van der Waals surface area contributed by atoms with Crippen molar-refractivity contribution in [1.29, 1.82) is 0 Å². The van der Waals surface area contributed by atoms with Crippen LogP contribution in [-0.4, -0.2) is 40.5 Å². The Balaban J connectivity index is 1.99. The molecular weight excluding hydrogens is 378 g/mol. The first-order valence-electron chi connectivity index (χ1n) is 8.78. The van der Waals surface area contributed by atoms with Gasteiger partial charge in [0.1, 0.15) is 6.04 Å². The van der Waals surface area contributed by atoms with Crippen LogP contribution in [0.25, 0.3) is 0 Å². The molecule has 2 rings (SSSR count). The van der Waals surface area contributed by atoms with E-state index < -0.39 is 11.0 Å². The first-order chi connectivity index (χ1) is 13.4. The van der Waals surface area contributed by atoms with Crippen LogP contribution in [0.5, 0.6) is 0 Å². The minimum Gasteiger partial charge on any atom is -0.357 e. The van der Waals surface area contributed by atoms with E-state index in [-0.39, 0.29) is 23.3 Å². The van der Waals surface area contributed by atoms with Gasteiger partial charge < -0.3 is 10.2 Å². The molecule has 0 bridgehead atoms. The maximum absolute atomic E-state index is 12.8. The van der Waals surface area contributed by atoms with E-state index in [1.54, 1.807) is 31.0 Å². The van der Waals surface area contributed by atoms with Crippen LogP contribution < -0.4 is 5.32 Å². The van der Waals surface area contributed by atoms with E-state index in [1.165, 1.54) is 23.9 Å². The molecule has 28 heavy (non-hydrogen) atoms. The van der Waals surface area contributed by atoms with Gasteiger partial charge in [-0.05, 0) is 18.1 Å². The van der Waals surface area contributed by atoms with E-state index in [0.717, 1.165) is 11.1 Å². The molecule has 0 aliphatic carbocycles. The molecule has 0 saturated heterocycles. The lowest BCUT2D eigenvalue weighted by Crippen LogP contribution is -2.47. The molecule has 0 aliphatic heterocycles. The van der Waals surface area contributed by atoms with E-state index in [2.05, 4.69) is 5.32 Å². The fourth-order valence-electron chi connectivity index (χ4n) is 2.62. The van der Waals surface area contributed by atoms with Crippen LogP contribution in [0.4, 0.5) is 5.69 Å². The topological polar surface area (TPSA) is 92.6 Å². The summed E-state index contributed by atoms with van der Waals surface area (Å²) in [7, 11) is 1.55. The number of thioether (sulfide) groups is 1. The third kappa shape index (κ3) is 6.09. The minimum atomic E-state index is -0.585. The molecule has 1 atom stereocenters. The van der Waals surface area contributed by atoms with Crippen molar-refractivity contribution in [1.82, 2.24) is 10.2 Å². The second kappa shape index (κ2) is 10.5. The van der Waals surface area contributed by atoms with Gasteiger partial charge in [0.05, 0.1) is 10.7 Å². The highest BCUT2D eigenvalue weighted by Gasteiger charge is 2.25. The third-order valence-electron chi connectivity index (χ3n) is 4.25. The maximum atomic E-state index is 12.8. The number of hydrogen-bond donors (Lipinski definition) is 1. The fraction of sp³-hybridized carbons (Fsp3) is 0.300. The molecular formula is C20H23N3O4S. The Bertz CT molecular complexity index is 812. The Kier molecular flexibility index (Phi) is 8.01. The van der Waals surface area contributed by atoms with Gasteiger partial charge in [0.2, 0.25) is 11.8 Å². The number of non-ortho nitro benzene ring substituents is 1. The van der Waals surface area contributed by atoms with Crippen molar-refractivity contribution in [3.8, 4) is 0 Å². The molecule has 0 saturated carbocycles. The zero-order chi connectivity index (χ0) is 20.5. The lowest BCUT2D eigenvalue weighted by molar-refractivity contribution is -0.384. The maximum Gasteiger partial charge on any atom is 0.269 e. The normalized spacial score (nSPS) is 11.5. The Hall–Kier alpha value is -2.87. The Morgan fingerprint density at radius 1 is 1.11 bits per heavy atom. The number of nitro groups is 1. The van der Waals surface area contributed by atoms with Crippen molar-refractivity contribution in [2.45, 2.75) is 25.3 Å². The van der Waals surface area contributed by atoms with Gasteiger partial charge in [0.15, 0.2) is 0 Å². The second-order valence-electron chi connectivity index (χ2n) is 6.21. The molecule has 1 N–H and O–H groups in total. The van der Waals surface area contributed by atoms with Gasteiger partial charge in [0.25, 0.3) is 5.69 Å². The van der Waals surface area contributed by atoms with E-state index in [9.17, 15) is 19.7 Å². The summed E-state index contributed by atoms with van der Waals surface area (Å²) in [5.74, 6) is 0.416. The van der Waals surface area contributed by atoms with Crippen molar-refractivity contribution < 1.29 is 14.5 Å². The SMILES string of the molecule is CNC(=O)[C@@H](C)N(Cc1ccccc1)C(=O)CSCc1ccc([N+](=O)[O-])cc1. The number of hydrogen-bond acceptors (Lipinski definition) is 5. The number of rotatable bonds is 9. The second-order valence-corrected chi connectivity index (χ2v) is 7.20. The molecule has 2 aromatic rings. The predicted octanol–water partition coefficient (Wildman–Crippen LogP) is 2.99. The third-order valence-corrected chi connectivity index (χ3v) is 5.24. The summed E-state index contributed by atoms with van der Waals surface area (Å²) in [5.41, 5.74) is 1.89. The van der Waals surface area contributed by atoms with Crippen molar-refractivity contribution in [3.05, 3.63) is 75.8 Å². The molecule has 0 heterocycles. The first kappa shape index (κ1) is 21.4. The Labute approximate surface area is 168 Å². The first-order valence-corrected chi connectivity index (χ1v) is 9.94. The zero-order valence-corrected chi connectivity index (χ0v) is 16.6. The molecule has 0 aliphatic rings. The number of nitrogens with one attached hydrogen (secondary N) is 1. The van der Waals surface area contributed by atoms with Crippen LogP contribution in [0.1, 0.15) is 18.1 Å². The number of nitrogens with zero attached hydrogens (tertiary/aromatic N) is 2. The van der Waals surface area contributed by atoms with Crippen LogP contribution in [0, 0.1) is 10.1 Å². The number of likely N-dealkylation sites (N-methyl/N-ethyl adjacent to an activating group) is 1. The van der Waals surface area contributed by atoms with Gasteiger partial charge in [-0.1, -0.05) is 42.5 Å². The van der Waals surface area contributed by atoms with E-state index in [0.29, 0.717) is 12.3 Å². The smallest absolute Gasteiger partial charge is 0.269 e. The van der Waals surface area contributed by atoms with E-state index in [1.807, 2.05) is 30.3 Å². The molecule has 0 aromatic heterocycles. The molecule has 0 fully saturated rings. The van der Waals surface area contributed by atoms with Crippen LogP contribution >= 0.6 is 11.8 Å². The number of carbonyl (C=O) groups excluding carboxylic acids is 2. The molecule has 7 nitrogen and oxygen atoms in total. The molecule has 0 radical (unpaired) electrons. The standard InChI is InChI=1S/C20H23N3O4S/c1-15(20(25)21-2)22(12-16-6-4-3-5-7-16)19(24)14-28-13-17-8-10-18(11-9-17)23(26)27/h3-11,15H,12-14H2,1-2H3,(H,21,25)/t15-/m1/s1. The summed E-state index contributed by atoms with van der Waals surface area (Å²) in [5, 5.41) is 13.3. The number of benzene rings is 2. The van der Waals surface area contributed by atoms with Crippen LogP contribution in [0.2, 0.25) is 0 Å². The minimum absolute atomic E-state index is 0.0401. The lowest BCUT2D eigenvalue weighted by atomic mass is 10.1. The zero-order valence-electron chi connectivity index (χ0n) is 15.8. The van der Waals surface area contributed by atoms with Crippen LogP contribution in [-0.2, 0) is 21.9 Å². The molecule has 0 unspecified atom stereocenters. The highest BCUT2D eigenvalue weighted by molar-refractivity contribution is 7.99. The number of carbonyl (C=O) groups is 2. The summed E-state index contributed by atoms with van der Waals surface area (Å²) in [6, 6.07) is 15.2. The van der Waals surface area contributed by atoms with E-state index in [4.69, 9.17) is 0 Å². The van der Waals surface area contributed by atoms with Gasteiger partial charge >= 0.3 is 0 Å². The van der Waals surface area contributed by atoms with Gasteiger partial charge in [-0.3, -0.25) is 19.7 Å². The van der Waals surface area contributed by atoms with Crippen molar-refractivity contribution >= 4 is 29.3 Å². The molecule has 2 aromatic carbocycles. The lowest BCUT2D eigenvalue weighted by Gasteiger charge is -2.28. The van der Waals surface area contributed by atoms with Crippen molar-refractivity contribution in [3.63, 3.8) is 0 Å². The highest BCUT2D eigenvalue weighted by atomic mass is 32.2. The largest absolute Gasteiger partial charge is 0.357 e. The predicted molar refractivity (Wildman–Crippen MR) is 110 cm³/mol. The highest BCUT2D eigenvalue weighted by Crippen LogP contribution is 2.18. The van der Waals surface area contributed by atoms with E-state index >= 15 is 0 Å². The van der Waals surface area contributed by atoms with Crippen LogP contribution in [0.15, 0.2) is 54.6 Å². The van der Waals surface area contributed by atoms with Gasteiger partial charge in [-0.2, -0.15) is 0 Å².